The SMILES string of the molecule is COc1cc(OC)cc(-c2cc(OC)c(-c3c(S(=O)(=O)O)ccc4[nH]c(=O)ccc34)cc2F)c1. The molecule has 0 saturated heterocycles. The number of hydrogen-bond donors (Lipinski definition) is 2. The monoisotopic (exact) mass is 485 g/mol. The number of fused-ring (bicyclic) bond motifs is 1. The normalized spacial score (nSPS) is 11.4. The van der Waals surface area contributed by atoms with E-state index >= 15 is 4.39 Å². The average molecular weight is 485 g/mol. The Kier molecular flexibility index (Phi) is 6.03. The van der Waals surface area contributed by atoms with E-state index in [9.17, 15) is 17.8 Å². The minimum atomic E-state index is -4.70. The average Bonchev–Trinajstić information content (AvgIpc) is 2.81. The van der Waals surface area contributed by atoms with E-state index in [-0.39, 0.29) is 27.8 Å². The van der Waals surface area contributed by atoms with Crippen LogP contribution in [0.2, 0.25) is 0 Å². The standard InChI is InChI=1S/C24H20FNO7S/c1-31-14-8-13(9-15(10-14)32-2)17-12-21(33-3)18(11-19(17)25)24-16-4-7-23(27)26-20(16)5-6-22(24)34(28,29)30/h4-12H,1-3H3,(H,26,27)(H,28,29,30). The fourth-order valence-corrected chi connectivity index (χ4v) is 4.53. The summed E-state index contributed by atoms with van der Waals surface area (Å²) in [5.74, 6) is 0.350. The van der Waals surface area contributed by atoms with Crippen molar-refractivity contribution in [1.29, 1.82) is 0 Å². The Labute approximate surface area is 194 Å². The van der Waals surface area contributed by atoms with Gasteiger partial charge in [0.05, 0.1) is 21.3 Å². The van der Waals surface area contributed by atoms with Crippen LogP contribution in [0.5, 0.6) is 17.2 Å². The summed E-state index contributed by atoms with van der Waals surface area (Å²) in [4.78, 5) is 13.9. The molecule has 0 amide bonds. The van der Waals surface area contributed by atoms with Gasteiger partial charge in [0.25, 0.3) is 10.1 Å². The van der Waals surface area contributed by atoms with Crippen molar-refractivity contribution in [3.8, 4) is 39.5 Å². The van der Waals surface area contributed by atoms with Crippen LogP contribution in [-0.4, -0.2) is 39.3 Å². The molecule has 0 atom stereocenters. The number of nitrogens with one attached hydrogen (secondary N) is 1. The Balaban J connectivity index is 2.05. The fourth-order valence-electron chi connectivity index (χ4n) is 3.81. The highest BCUT2D eigenvalue weighted by Crippen LogP contribution is 2.42. The highest BCUT2D eigenvalue weighted by molar-refractivity contribution is 7.86. The van der Waals surface area contributed by atoms with Crippen LogP contribution in [-0.2, 0) is 10.1 Å². The quantitative estimate of drug-likeness (QED) is 0.392. The molecular weight excluding hydrogens is 465 g/mol. The summed E-state index contributed by atoms with van der Waals surface area (Å²) < 4.78 is 65.7. The van der Waals surface area contributed by atoms with E-state index in [0.717, 1.165) is 12.1 Å². The zero-order chi connectivity index (χ0) is 24.6. The molecule has 176 valence electrons. The molecule has 10 heteroatoms. The van der Waals surface area contributed by atoms with Gasteiger partial charge < -0.3 is 19.2 Å². The molecule has 0 unspecified atom stereocenters. The first kappa shape index (κ1) is 23.3. The zero-order valence-corrected chi connectivity index (χ0v) is 19.2. The molecule has 0 spiro atoms. The van der Waals surface area contributed by atoms with Crippen LogP contribution in [0.3, 0.4) is 0 Å². The molecule has 3 aromatic carbocycles. The molecule has 0 saturated carbocycles. The van der Waals surface area contributed by atoms with Crippen molar-refractivity contribution in [2.24, 2.45) is 0 Å². The number of halogens is 1. The van der Waals surface area contributed by atoms with Gasteiger partial charge in [-0.3, -0.25) is 9.35 Å². The first-order valence-corrected chi connectivity index (χ1v) is 11.3. The molecule has 0 bridgehead atoms. The summed E-state index contributed by atoms with van der Waals surface area (Å²) in [6, 6.07) is 12.5. The molecule has 1 heterocycles. The molecule has 34 heavy (non-hydrogen) atoms. The Bertz CT molecular complexity index is 1560. The van der Waals surface area contributed by atoms with Crippen LogP contribution in [0.4, 0.5) is 4.39 Å². The van der Waals surface area contributed by atoms with Crippen molar-refractivity contribution < 1.29 is 31.6 Å². The van der Waals surface area contributed by atoms with Gasteiger partial charge in [-0.15, -0.1) is 0 Å². The van der Waals surface area contributed by atoms with E-state index in [4.69, 9.17) is 14.2 Å². The van der Waals surface area contributed by atoms with Gasteiger partial charge in [0.2, 0.25) is 5.56 Å². The van der Waals surface area contributed by atoms with Crippen molar-refractivity contribution in [3.05, 3.63) is 70.8 Å². The minimum absolute atomic E-state index is 0.0122. The first-order valence-electron chi connectivity index (χ1n) is 9.91. The number of methoxy groups -OCH3 is 3. The van der Waals surface area contributed by atoms with Gasteiger partial charge in [-0.25, -0.2) is 4.39 Å². The Morgan fingerprint density at radius 2 is 1.53 bits per heavy atom. The first-order chi connectivity index (χ1) is 16.2. The molecule has 0 aliphatic carbocycles. The molecule has 4 rings (SSSR count). The van der Waals surface area contributed by atoms with Crippen molar-refractivity contribution >= 4 is 21.0 Å². The highest BCUT2D eigenvalue weighted by Gasteiger charge is 2.24. The van der Waals surface area contributed by atoms with Gasteiger partial charge in [-0.1, -0.05) is 0 Å². The Morgan fingerprint density at radius 3 is 2.12 bits per heavy atom. The van der Waals surface area contributed by atoms with Crippen molar-refractivity contribution in [2.75, 3.05) is 21.3 Å². The smallest absolute Gasteiger partial charge is 0.295 e. The van der Waals surface area contributed by atoms with Gasteiger partial charge >= 0.3 is 0 Å². The summed E-state index contributed by atoms with van der Waals surface area (Å²) in [7, 11) is -0.405. The lowest BCUT2D eigenvalue weighted by Gasteiger charge is -2.17. The van der Waals surface area contributed by atoms with Gasteiger partial charge in [0.1, 0.15) is 28.0 Å². The van der Waals surface area contributed by atoms with Crippen molar-refractivity contribution in [2.45, 2.75) is 4.90 Å². The van der Waals surface area contributed by atoms with Crippen LogP contribution in [0.1, 0.15) is 0 Å². The van der Waals surface area contributed by atoms with Crippen LogP contribution >= 0.6 is 0 Å². The highest BCUT2D eigenvalue weighted by atomic mass is 32.2. The van der Waals surface area contributed by atoms with Gasteiger partial charge in [-0.2, -0.15) is 8.42 Å². The van der Waals surface area contributed by atoms with Gasteiger partial charge in [0.15, 0.2) is 0 Å². The second kappa shape index (κ2) is 8.81. The topological polar surface area (TPSA) is 115 Å². The second-order valence-corrected chi connectivity index (χ2v) is 8.72. The van der Waals surface area contributed by atoms with Gasteiger partial charge in [-0.05, 0) is 48.0 Å². The molecule has 8 nitrogen and oxygen atoms in total. The van der Waals surface area contributed by atoms with Crippen LogP contribution in [0.25, 0.3) is 33.2 Å². The van der Waals surface area contributed by atoms with Crippen LogP contribution in [0, 0.1) is 5.82 Å². The number of rotatable bonds is 6. The lowest BCUT2D eigenvalue weighted by molar-refractivity contribution is 0.394. The third-order valence-corrected chi connectivity index (χ3v) is 6.26. The maximum atomic E-state index is 15.5. The van der Waals surface area contributed by atoms with Crippen LogP contribution in [0.15, 0.2) is 64.3 Å². The predicted molar refractivity (Wildman–Crippen MR) is 125 cm³/mol. The van der Waals surface area contributed by atoms with Gasteiger partial charge in [0, 0.05) is 39.7 Å². The minimum Gasteiger partial charge on any atom is -0.497 e. The van der Waals surface area contributed by atoms with E-state index < -0.39 is 26.4 Å². The van der Waals surface area contributed by atoms with E-state index in [1.807, 2.05) is 0 Å². The van der Waals surface area contributed by atoms with E-state index in [2.05, 4.69) is 4.98 Å². The predicted octanol–water partition coefficient (Wildman–Crippen LogP) is 4.27. The number of pyridine rings is 1. The van der Waals surface area contributed by atoms with Crippen molar-refractivity contribution in [1.82, 2.24) is 4.98 Å². The molecule has 1 aromatic heterocycles. The fraction of sp³-hybridized carbons (Fsp3) is 0.125. The number of H-pyrrole nitrogens is 1. The number of aromatic nitrogens is 1. The molecular formula is C24H20FNO7S. The molecule has 4 aromatic rings. The summed E-state index contributed by atoms with van der Waals surface area (Å²) in [5, 5.41) is 0.281. The van der Waals surface area contributed by atoms with Crippen LogP contribution < -0.4 is 19.8 Å². The third kappa shape index (κ3) is 4.20. The summed E-state index contributed by atoms with van der Waals surface area (Å²) in [6.45, 7) is 0. The number of ether oxygens (including phenoxy) is 3. The maximum absolute atomic E-state index is 15.5. The molecule has 2 N–H and O–H groups in total. The maximum Gasteiger partial charge on any atom is 0.295 e. The lowest BCUT2D eigenvalue weighted by Crippen LogP contribution is -2.07. The Hall–Kier alpha value is -3.89. The second-order valence-electron chi connectivity index (χ2n) is 7.33. The summed E-state index contributed by atoms with van der Waals surface area (Å²) in [5.41, 5.74) is 0.554. The summed E-state index contributed by atoms with van der Waals surface area (Å²) >= 11 is 0. The summed E-state index contributed by atoms with van der Waals surface area (Å²) in [6.07, 6.45) is 0. The van der Waals surface area contributed by atoms with E-state index in [1.165, 1.54) is 45.6 Å². The number of benzene rings is 3. The van der Waals surface area contributed by atoms with Crippen molar-refractivity contribution in [3.63, 3.8) is 0 Å². The van der Waals surface area contributed by atoms with E-state index in [1.54, 1.807) is 18.2 Å². The molecule has 0 aliphatic heterocycles. The molecule has 0 aliphatic rings. The largest absolute Gasteiger partial charge is 0.497 e. The molecule has 0 radical (unpaired) electrons. The Morgan fingerprint density at radius 1 is 0.853 bits per heavy atom. The number of hydrogen-bond acceptors (Lipinski definition) is 6. The molecule has 0 fully saturated rings. The van der Waals surface area contributed by atoms with E-state index in [0.29, 0.717) is 22.6 Å². The third-order valence-electron chi connectivity index (χ3n) is 5.37. The number of aromatic amines is 1. The lowest BCUT2D eigenvalue weighted by atomic mass is 9.95. The zero-order valence-electron chi connectivity index (χ0n) is 18.4.